The molecule has 0 saturated heterocycles. The number of aromatic nitrogens is 4. The van der Waals surface area contributed by atoms with E-state index in [9.17, 15) is 8.42 Å². The van der Waals surface area contributed by atoms with Gasteiger partial charge in [-0.1, -0.05) is 36.4 Å². The van der Waals surface area contributed by atoms with E-state index in [1.165, 1.54) is 6.26 Å². The maximum atomic E-state index is 12.0. The summed E-state index contributed by atoms with van der Waals surface area (Å²) in [4.78, 5) is 19.7. The summed E-state index contributed by atoms with van der Waals surface area (Å²) >= 11 is 1.61. The van der Waals surface area contributed by atoms with Gasteiger partial charge >= 0.3 is 0 Å². The number of hydrogen-bond acceptors (Lipinski definition) is 9. The molecule has 0 bridgehead atoms. The van der Waals surface area contributed by atoms with E-state index in [2.05, 4.69) is 51.5 Å². The monoisotopic (exact) mass is 543 g/mol. The molecule has 0 atom stereocenters. The third kappa shape index (κ3) is 5.23. The highest BCUT2D eigenvalue weighted by Gasteiger charge is 2.41. The van der Waals surface area contributed by atoms with Crippen molar-refractivity contribution in [3.63, 3.8) is 0 Å². The summed E-state index contributed by atoms with van der Waals surface area (Å²) < 4.78 is 30.4. The Kier molecular flexibility index (Phi) is 6.08. The molecule has 0 radical (unpaired) electrons. The molecule has 10 heteroatoms. The van der Waals surface area contributed by atoms with Crippen molar-refractivity contribution in [3.05, 3.63) is 77.9 Å². The fourth-order valence-electron chi connectivity index (χ4n) is 4.02. The van der Waals surface area contributed by atoms with E-state index in [1.54, 1.807) is 29.5 Å². The summed E-state index contributed by atoms with van der Waals surface area (Å²) in [5.41, 5.74) is 6.30. The Balaban J connectivity index is 1.30. The summed E-state index contributed by atoms with van der Waals surface area (Å²) in [5.74, 6) is 0.871. The van der Waals surface area contributed by atoms with Crippen molar-refractivity contribution in [2.75, 3.05) is 11.6 Å². The van der Waals surface area contributed by atoms with Gasteiger partial charge in [-0.2, -0.15) is 4.98 Å². The minimum atomic E-state index is -3.34. The third-order valence-corrected chi connectivity index (χ3v) is 8.42. The fourth-order valence-corrected chi connectivity index (χ4v) is 5.32. The Hall–Kier alpha value is -3.89. The zero-order chi connectivity index (χ0) is 26.3. The Morgan fingerprint density at radius 1 is 1.00 bits per heavy atom. The van der Waals surface area contributed by atoms with Gasteiger partial charge in [-0.05, 0) is 55.2 Å². The molecule has 5 aromatic rings. The third-order valence-electron chi connectivity index (χ3n) is 6.49. The second-order valence-corrected chi connectivity index (χ2v) is 12.6. The van der Waals surface area contributed by atoms with E-state index in [0.29, 0.717) is 40.7 Å². The lowest BCUT2D eigenvalue weighted by Gasteiger charge is -2.15. The van der Waals surface area contributed by atoms with E-state index >= 15 is 0 Å². The molecule has 38 heavy (non-hydrogen) atoms. The summed E-state index contributed by atoms with van der Waals surface area (Å²) in [6.07, 6.45) is 4.96. The van der Waals surface area contributed by atoms with Crippen LogP contribution in [-0.4, -0.2) is 40.2 Å². The minimum absolute atomic E-state index is 0.245. The maximum Gasteiger partial charge on any atom is 0.246 e. The zero-order valence-corrected chi connectivity index (χ0v) is 22.5. The number of rotatable bonds is 8. The average Bonchev–Trinajstić information content (AvgIpc) is 3.39. The number of nitrogens with zero attached hydrogens (tertiary/aromatic N) is 4. The lowest BCUT2D eigenvalue weighted by atomic mass is 10.1. The number of hydrogen-bond donors (Lipinski definition) is 1. The van der Waals surface area contributed by atoms with Crippen LogP contribution in [0, 0.1) is 0 Å². The van der Waals surface area contributed by atoms with Crippen LogP contribution in [0.2, 0.25) is 0 Å². The predicted molar refractivity (Wildman–Crippen MR) is 149 cm³/mol. The molecule has 1 fully saturated rings. The first-order valence-corrected chi connectivity index (χ1v) is 14.9. The largest absolute Gasteiger partial charge is 0.470 e. The van der Waals surface area contributed by atoms with Gasteiger partial charge in [-0.15, -0.1) is 11.3 Å². The number of thiazole rings is 1. The molecular formula is C28H25N5O3S2. The average molecular weight is 544 g/mol. The smallest absolute Gasteiger partial charge is 0.246 e. The summed E-state index contributed by atoms with van der Waals surface area (Å²) in [7, 11) is -3.34. The Morgan fingerprint density at radius 2 is 1.82 bits per heavy atom. The molecule has 1 saturated carbocycles. The predicted octanol–water partition coefficient (Wildman–Crippen LogP) is 5.76. The Bertz CT molecular complexity index is 1730. The summed E-state index contributed by atoms with van der Waals surface area (Å²) in [5, 5.41) is 3.32. The van der Waals surface area contributed by atoms with Gasteiger partial charge in [0, 0.05) is 24.6 Å². The first kappa shape index (κ1) is 24.4. The summed E-state index contributed by atoms with van der Waals surface area (Å²) in [6, 6.07) is 18.8. The van der Waals surface area contributed by atoms with Crippen LogP contribution in [0.4, 0.5) is 5.95 Å². The lowest BCUT2D eigenvalue weighted by molar-refractivity contribution is 0.194. The molecule has 1 aliphatic carbocycles. The number of sulfone groups is 1. The topological polar surface area (TPSA) is 107 Å². The normalized spacial score (nSPS) is 14.4. The van der Waals surface area contributed by atoms with Crippen molar-refractivity contribution < 1.29 is 13.2 Å². The van der Waals surface area contributed by atoms with E-state index in [-0.39, 0.29) is 10.5 Å². The molecule has 1 aliphatic rings. The van der Waals surface area contributed by atoms with Gasteiger partial charge in [0.15, 0.2) is 15.4 Å². The van der Waals surface area contributed by atoms with E-state index in [0.717, 1.165) is 28.8 Å². The van der Waals surface area contributed by atoms with Crippen LogP contribution in [-0.2, 0) is 16.4 Å². The van der Waals surface area contributed by atoms with Crippen LogP contribution in [0.3, 0.4) is 0 Å². The van der Waals surface area contributed by atoms with Crippen LogP contribution in [0.1, 0.15) is 25.3 Å². The second-order valence-electron chi connectivity index (χ2n) is 9.68. The quantitative estimate of drug-likeness (QED) is 0.263. The number of ether oxygens (including phenoxy) is 1. The molecule has 1 N–H and O–H groups in total. The minimum Gasteiger partial charge on any atom is -0.470 e. The SMILES string of the molecule is CC1(Oc2nc(NCc3ccc(-c4cncs4)cc3)nc3ccc(-c4cccc(S(C)(=O)=O)c4)nc23)CC1. The molecular weight excluding hydrogens is 518 g/mol. The van der Waals surface area contributed by atoms with Crippen LogP contribution < -0.4 is 10.1 Å². The van der Waals surface area contributed by atoms with Crippen molar-refractivity contribution in [1.82, 2.24) is 19.9 Å². The van der Waals surface area contributed by atoms with Gasteiger partial charge in [0.2, 0.25) is 11.8 Å². The highest BCUT2D eigenvalue weighted by atomic mass is 32.2. The Labute approximate surface area is 224 Å². The van der Waals surface area contributed by atoms with Crippen LogP contribution in [0.5, 0.6) is 5.88 Å². The van der Waals surface area contributed by atoms with Crippen molar-refractivity contribution in [2.24, 2.45) is 0 Å². The van der Waals surface area contributed by atoms with Crippen molar-refractivity contribution in [3.8, 4) is 27.6 Å². The number of pyridine rings is 1. The second kappa shape index (κ2) is 9.45. The highest BCUT2D eigenvalue weighted by Crippen LogP contribution is 2.41. The first-order chi connectivity index (χ1) is 18.3. The number of benzene rings is 2. The van der Waals surface area contributed by atoms with Crippen LogP contribution in [0.25, 0.3) is 32.7 Å². The molecule has 0 unspecified atom stereocenters. The molecule has 0 spiro atoms. The number of nitrogens with one attached hydrogen (secondary N) is 1. The molecule has 0 aliphatic heterocycles. The van der Waals surface area contributed by atoms with Crippen LogP contribution >= 0.6 is 11.3 Å². The van der Waals surface area contributed by atoms with Gasteiger partial charge in [-0.3, -0.25) is 4.98 Å². The summed E-state index contributed by atoms with van der Waals surface area (Å²) in [6.45, 7) is 2.60. The number of fused-ring (bicyclic) bond motifs is 1. The molecule has 3 heterocycles. The molecule has 8 nitrogen and oxygen atoms in total. The standard InChI is InChI=1S/C28H25N5O3S2/c1-28(12-13-28)36-26-25-23(11-10-22(31-25)20-4-3-5-21(14-20)38(2,34)35)32-27(33-26)30-15-18-6-8-19(9-7-18)24-16-29-17-37-24/h3-11,14,16-17H,12-13,15H2,1-2H3,(H,30,32,33). The van der Waals surface area contributed by atoms with E-state index < -0.39 is 9.84 Å². The van der Waals surface area contributed by atoms with E-state index in [1.807, 2.05) is 29.9 Å². The highest BCUT2D eigenvalue weighted by molar-refractivity contribution is 7.90. The molecule has 2 aromatic carbocycles. The molecule has 3 aromatic heterocycles. The molecule has 0 amide bonds. The lowest BCUT2D eigenvalue weighted by Crippen LogP contribution is -2.15. The molecule has 6 rings (SSSR count). The first-order valence-electron chi connectivity index (χ1n) is 12.2. The van der Waals surface area contributed by atoms with Crippen molar-refractivity contribution >= 4 is 38.2 Å². The van der Waals surface area contributed by atoms with Crippen molar-refractivity contribution in [2.45, 2.75) is 36.8 Å². The van der Waals surface area contributed by atoms with Gasteiger partial charge in [0.05, 0.1) is 26.5 Å². The van der Waals surface area contributed by atoms with E-state index in [4.69, 9.17) is 9.72 Å². The Morgan fingerprint density at radius 3 is 2.53 bits per heavy atom. The molecule has 192 valence electrons. The van der Waals surface area contributed by atoms with Gasteiger partial charge in [0.25, 0.3) is 0 Å². The number of anilines is 1. The van der Waals surface area contributed by atoms with Gasteiger partial charge in [0.1, 0.15) is 5.60 Å². The van der Waals surface area contributed by atoms with Gasteiger partial charge in [-0.25, -0.2) is 18.4 Å². The van der Waals surface area contributed by atoms with Crippen molar-refractivity contribution in [1.29, 1.82) is 0 Å². The van der Waals surface area contributed by atoms with Gasteiger partial charge < -0.3 is 10.1 Å². The zero-order valence-electron chi connectivity index (χ0n) is 20.9. The van der Waals surface area contributed by atoms with Crippen LogP contribution in [0.15, 0.2) is 77.3 Å². The fraction of sp³-hybridized carbons (Fsp3) is 0.214. The maximum absolute atomic E-state index is 12.0.